The zero-order chi connectivity index (χ0) is 31.2. The van der Waals surface area contributed by atoms with Crippen LogP contribution in [-0.4, -0.2) is 59.9 Å². The number of primary amides is 1. The van der Waals surface area contributed by atoms with Crippen molar-refractivity contribution in [3.63, 3.8) is 0 Å². The highest BCUT2D eigenvalue weighted by molar-refractivity contribution is 6.11. The second kappa shape index (κ2) is 13.2. The minimum Gasteiger partial charge on any atom is -0.478 e. The topological polar surface area (TPSA) is 154 Å². The van der Waals surface area contributed by atoms with E-state index in [9.17, 15) is 24.3 Å². The molecule has 5 rings (SSSR count). The van der Waals surface area contributed by atoms with Gasteiger partial charge in [-0.05, 0) is 65.6 Å². The number of amides is 3. The Kier molecular flexibility index (Phi) is 9.01. The van der Waals surface area contributed by atoms with Crippen LogP contribution in [-0.2, 0) is 6.54 Å². The number of rotatable bonds is 10. The predicted molar refractivity (Wildman–Crippen MR) is 169 cm³/mol. The Hall–Kier alpha value is -5.48. The average molecular weight is 592 g/mol. The van der Waals surface area contributed by atoms with Crippen molar-refractivity contribution < 1.29 is 24.3 Å². The number of nitrogens with two attached hydrogens (primary N) is 1. The first-order valence-electron chi connectivity index (χ1n) is 14.2. The van der Waals surface area contributed by atoms with E-state index in [1.165, 1.54) is 23.8 Å². The predicted octanol–water partition coefficient (Wildman–Crippen LogP) is 4.45. The Morgan fingerprint density at radius 2 is 1.57 bits per heavy atom. The van der Waals surface area contributed by atoms with E-state index in [0.717, 1.165) is 19.5 Å². The highest BCUT2D eigenvalue weighted by Gasteiger charge is 2.26. The van der Waals surface area contributed by atoms with Crippen LogP contribution in [0.3, 0.4) is 0 Å². The number of carboxylic acid groups (broad SMARTS) is 1. The van der Waals surface area contributed by atoms with Gasteiger partial charge in [0.25, 0.3) is 11.8 Å². The van der Waals surface area contributed by atoms with Crippen LogP contribution in [0.4, 0.5) is 11.4 Å². The first-order valence-corrected chi connectivity index (χ1v) is 14.2. The van der Waals surface area contributed by atoms with E-state index in [0.29, 0.717) is 23.5 Å². The number of likely N-dealkylation sites (tertiary alicyclic amines) is 1. The van der Waals surface area contributed by atoms with Gasteiger partial charge in [0, 0.05) is 60.8 Å². The van der Waals surface area contributed by atoms with Gasteiger partial charge in [-0.2, -0.15) is 0 Å². The van der Waals surface area contributed by atoms with E-state index in [-0.39, 0.29) is 39.8 Å². The normalized spacial score (nSPS) is 14.5. The Morgan fingerprint density at radius 1 is 0.818 bits per heavy atom. The third-order valence-corrected chi connectivity index (χ3v) is 7.62. The van der Waals surface area contributed by atoms with Crippen molar-refractivity contribution in [1.82, 2.24) is 10.2 Å². The minimum absolute atomic E-state index is 0.0587. The van der Waals surface area contributed by atoms with Crippen LogP contribution in [0.15, 0.2) is 91.0 Å². The maximum absolute atomic E-state index is 13.5. The number of carbonyl (C=O) groups is 4. The lowest BCUT2D eigenvalue weighted by molar-refractivity contribution is 0.0697. The molecule has 1 atom stereocenters. The summed E-state index contributed by atoms with van der Waals surface area (Å²) in [4.78, 5) is 53.0. The van der Waals surface area contributed by atoms with Crippen molar-refractivity contribution in [3.8, 4) is 11.1 Å². The molecule has 1 saturated heterocycles. The Morgan fingerprint density at radius 3 is 2.30 bits per heavy atom. The SMILES string of the molecule is CNc1ccc(-c2ccc(C(=O)NC3CCN(Cc4ccccc4)C3)cc2C(=O)O)c(C(=O)Nc2cccc(C(N)=O)c2)c1. The van der Waals surface area contributed by atoms with Gasteiger partial charge < -0.3 is 26.8 Å². The first kappa shape index (κ1) is 30.0. The summed E-state index contributed by atoms with van der Waals surface area (Å²) >= 11 is 0. The van der Waals surface area contributed by atoms with Gasteiger partial charge in [-0.1, -0.05) is 48.5 Å². The molecule has 0 aromatic heterocycles. The summed E-state index contributed by atoms with van der Waals surface area (Å²) in [5.74, 6) is -2.74. The molecule has 0 aliphatic carbocycles. The summed E-state index contributed by atoms with van der Waals surface area (Å²) < 4.78 is 0. The van der Waals surface area contributed by atoms with Gasteiger partial charge in [0.1, 0.15) is 0 Å². The molecule has 10 nitrogen and oxygen atoms in total. The van der Waals surface area contributed by atoms with Crippen molar-refractivity contribution in [1.29, 1.82) is 0 Å². The maximum Gasteiger partial charge on any atom is 0.336 e. The Balaban J connectivity index is 1.37. The lowest BCUT2D eigenvalue weighted by atomic mass is 9.92. The van der Waals surface area contributed by atoms with Gasteiger partial charge in [-0.25, -0.2) is 4.79 Å². The number of carbonyl (C=O) groups excluding carboxylic acids is 3. The fourth-order valence-electron chi connectivity index (χ4n) is 5.37. The second-order valence-electron chi connectivity index (χ2n) is 10.7. The number of aromatic carboxylic acids is 1. The molecule has 1 heterocycles. The smallest absolute Gasteiger partial charge is 0.336 e. The van der Waals surface area contributed by atoms with Gasteiger partial charge in [0.15, 0.2) is 0 Å². The third-order valence-electron chi connectivity index (χ3n) is 7.62. The van der Waals surface area contributed by atoms with E-state index >= 15 is 0 Å². The second-order valence-corrected chi connectivity index (χ2v) is 10.7. The molecule has 0 bridgehead atoms. The summed E-state index contributed by atoms with van der Waals surface area (Å²) in [6.07, 6.45) is 0.793. The number of benzene rings is 4. The van der Waals surface area contributed by atoms with E-state index < -0.39 is 17.8 Å². The van der Waals surface area contributed by atoms with Gasteiger partial charge in [0.2, 0.25) is 5.91 Å². The third kappa shape index (κ3) is 6.93. The summed E-state index contributed by atoms with van der Waals surface area (Å²) in [5, 5.41) is 18.9. The number of nitrogens with zero attached hydrogens (tertiary/aromatic N) is 1. The summed E-state index contributed by atoms with van der Waals surface area (Å²) in [5.41, 5.74) is 8.75. The average Bonchev–Trinajstić information content (AvgIpc) is 3.47. The van der Waals surface area contributed by atoms with E-state index in [1.54, 1.807) is 49.5 Å². The van der Waals surface area contributed by atoms with Crippen molar-refractivity contribution in [2.45, 2.75) is 19.0 Å². The maximum atomic E-state index is 13.5. The lowest BCUT2D eigenvalue weighted by Gasteiger charge is -2.18. The molecular weight excluding hydrogens is 558 g/mol. The molecule has 0 radical (unpaired) electrons. The largest absolute Gasteiger partial charge is 0.478 e. The minimum atomic E-state index is -1.23. The van der Waals surface area contributed by atoms with Gasteiger partial charge >= 0.3 is 5.97 Å². The van der Waals surface area contributed by atoms with Gasteiger partial charge in [0.05, 0.1) is 5.56 Å². The molecule has 44 heavy (non-hydrogen) atoms. The molecule has 1 unspecified atom stereocenters. The van der Waals surface area contributed by atoms with Gasteiger partial charge in [-0.3, -0.25) is 19.3 Å². The number of hydrogen-bond acceptors (Lipinski definition) is 6. The van der Waals surface area contributed by atoms with Gasteiger partial charge in [-0.15, -0.1) is 0 Å². The van der Waals surface area contributed by atoms with E-state index in [4.69, 9.17) is 5.73 Å². The van der Waals surface area contributed by atoms with E-state index in [2.05, 4.69) is 33.0 Å². The van der Waals surface area contributed by atoms with Crippen molar-refractivity contribution in [3.05, 3.63) is 119 Å². The molecule has 0 spiro atoms. The lowest BCUT2D eigenvalue weighted by Crippen LogP contribution is -2.37. The summed E-state index contributed by atoms with van der Waals surface area (Å²) in [6.45, 7) is 2.34. The Bertz CT molecular complexity index is 1720. The molecule has 4 aromatic rings. The number of carboxylic acids is 1. The molecule has 224 valence electrons. The standard InChI is InChI=1S/C34H33N5O5/c1-36-24-11-13-27(29(18-24)33(42)37-25-9-5-8-22(16-25)31(35)40)28-12-10-23(17-30(28)34(43)44)32(41)38-26-14-15-39(20-26)19-21-6-3-2-4-7-21/h2-13,16-18,26,36H,14-15,19-20H2,1H3,(H2,35,40)(H,37,42)(H,38,41)(H,43,44). The Labute approximate surface area is 254 Å². The molecule has 3 amide bonds. The number of anilines is 2. The molecule has 1 fully saturated rings. The quantitative estimate of drug-likeness (QED) is 0.183. The van der Waals surface area contributed by atoms with Crippen molar-refractivity contribution >= 4 is 35.1 Å². The van der Waals surface area contributed by atoms with Crippen LogP contribution in [0, 0.1) is 0 Å². The molecule has 0 saturated carbocycles. The van der Waals surface area contributed by atoms with Crippen molar-refractivity contribution in [2.75, 3.05) is 30.8 Å². The molecule has 6 N–H and O–H groups in total. The van der Waals surface area contributed by atoms with Crippen LogP contribution in [0.25, 0.3) is 11.1 Å². The zero-order valence-corrected chi connectivity index (χ0v) is 24.2. The number of hydrogen-bond donors (Lipinski definition) is 5. The fourth-order valence-corrected chi connectivity index (χ4v) is 5.37. The zero-order valence-electron chi connectivity index (χ0n) is 24.2. The highest BCUT2D eigenvalue weighted by atomic mass is 16.4. The molecule has 1 aliphatic rings. The van der Waals surface area contributed by atoms with Crippen LogP contribution in [0.5, 0.6) is 0 Å². The molecular formula is C34H33N5O5. The highest BCUT2D eigenvalue weighted by Crippen LogP contribution is 2.31. The first-order chi connectivity index (χ1) is 21.2. The van der Waals surface area contributed by atoms with Crippen LogP contribution in [0.2, 0.25) is 0 Å². The molecule has 10 heteroatoms. The number of nitrogens with one attached hydrogen (secondary N) is 3. The van der Waals surface area contributed by atoms with Crippen LogP contribution < -0.4 is 21.7 Å². The van der Waals surface area contributed by atoms with Crippen LogP contribution in [0.1, 0.15) is 53.4 Å². The summed E-state index contributed by atoms with van der Waals surface area (Å²) in [7, 11) is 1.70. The summed E-state index contributed by atoms with van der Waals surface area (Å²) in [6, 6.07) is 25.7. The fraction of sp³-hybridized carbons (Fsp3) is 0.176. The van der Waals surface area contributed by atoms with Crippen LogP contribution >= 0.6 is 0 Å². The molecule has 1 aliphatic heterocycles. The van der Waals surface area contributed by atoms with Crippen molar-refractivity contribution in [2.24, 2.45) is 5.73 Å². The monoisotopic (exact) mass is 591 g/mol. The molecule has 4 aromatic carbocycles. The van der Waals surface area contributed by atoms with E-state index in [1.807, 2.05) is 18.2 Å².